The maximum absolute atomic E-state index is 11.7. The predicted molar refractivity (Wildman–Crippen MR) is 79.1 cm³/mol. The van der Waals surface area contributed by atoms with Gasteiger partial charge in [0.2, 0.25) is 0 Å². The van der Waals surface area contributed by atoms with Gasteiger partial charge in [-0.05, 0) is 0 Å². The van der Waals surface area contributed by atoms with Crippen LogP contribution in [0.1, 0.15) is 47.5 Å². The van der Waals surface area contributed by atoms with Crippen molar-refractivity contribution in [3.8, 4) is 0 Å². The van der Waals surface area contributed by atoms with Gasteiger partial charge >= 0.3 is 131 Å². The molecule has 0 saturated heterocycles. The second kappa shape index (κ2) is 8.41. The van der Waals surface area contributed by atoms with Crippen molar-refractivity contribution in [2.24, 2.45) is 5.41 Å². The summed E-state index contributed by atoms with van der Waals surface area (Å²) in [6, 6.07) is 0. The summed E-state index contributed by atoms with van der Waals surface area (Å²) >= 11 is -4.69. The molecule has 0 aliphatic carbocycles. The average Bonchev–Trinajstić information content (AvgIpc) is 2.35. The Bertz CT molecular complexity index is 392. The van der Waals surface area contributed by atoms with Gasteiger partial charge in [0.1, 0.15) is 0 Å². The van der Waals surface area contributed by atoms with Gasteiger partial charge in [0, 0.05) is 0 Å². The summed E-state index contributed by atoms with van der Waals surface area (Å²) in [4.78, 5) is 34.9. The van der Waals surface area contributed by atoms with Gasteiger partial charge in [-0.15, -0.1) is 0 Å². The molecule has 7 heteroatoms. The molecule has 0 heterocycles. The van der Waals surface area contributed by atoms with Gasteiger partial charge in [-0.3, -0.25) is 0 Å². The van der Waals surface area contributed by atoms with E-state index in [4.69, 9.17) is 9.22 Å². The minimum atomic E-state index is -4.69. The van der Waals surface area contributed by atoms with Gasteiger partial charge in [-0.2, -0.15) is 0 Å². The van der Waals surface area contributed by atoms with Crippen LogP contribution in [0.2, 0.25) is 4.44 Å². The predicted octanol–water partition coefficient (Wildman–Crippen LogP) is 2.61. The molecule has 0 atom stereocenters. The van der Waals surface area contributed by atoms with Crippen LogP contribution >= 0.6 is 0 Å². The second-order valence-electron chi connectivity index (χ2n) is 5.70. The molecule has 0 aromatic rings. The second-order valence-corrected chi connectivity index (χ2v) is 12.4. The molecule has 0 aliphatic heterocycles. The molecule has 0 rings (SSSR count). The van der Waals surface area contributed by atoms with E-state index in [1.807, 2.05) is 20.8 Å². The molecule has 0 fully saturated rings. The summed E-state index contributed by atoms with van der Waals surface area (Å²) in [6.07, 6.45) is 1.18. The molecule has 0 spiro atoms. The zero-order chi connectivity index (χ0) is 16.7. The first-order valence-corrected chi connectivity index (χ1v) is 12.4. The fraction of sp³-hybridized carbons (Fsp3) is 0.643. The monoisotopic (exact) mass is 408 g/mol. The third-order valence-corrected chi connectivity index (χ3v) is 11.1. The van der Waals surface area contributed by atoms with Crippen molar-refractivity contribution >= 4 is 37.5 Å². The number of hydrogen-bond acceptors (Lipinski definition) is 6. The third-order valence-electron chi connectivity index (χ3n) is 2.29. The maximum atomic E-state index is 11.7. The quantitative estimate of drug-likeness (QED) is 0.477. The van der Waals surface area contributed by atoms with E-state index in [1.165, 1.54) is 0 Å². The van der Waals surface area contributed by atoms with Crippen LogP contribution in [0.4, 0.5) is 0 Å². The number of carbonyl (C=O) groups is 3. The minimum absolute atomic E-state index is 0.109. The van der Waals surface area contributed by atoms with Crippen molar-refractivity contribution in [1.29, 1.82) is 0 Å². The number of rotatable bonds is 7. The van der Waals surface area contributed by atoms with E-state index < -0.39 is 37.5 Å². The molecule has 120 valence electrons. The molecule has 0 N–H and O–H groups in total. The molecular weight excluding hydrogens is 383 g/mol. The zero-order valence-electron chi connectivity index (χ0n) is 13.4. The van der Waals surface area contributed by atoms with E-state index in [-0.39, 0.29) is 22.7 Å². The number of carbonyl (C=O) groups excluding carboxylic acids is 3. The standard InChI is InChI=1S/C5H11.2C3H6O2.C3H4O2.Sn/c1-5(2,3)4;3*1-2-3(4)5;/h1H2,2-4H3;2*2H2,1H3,(H,4,5);2H,1H2,(H,4,5);/q;;;;+3/p-3. The summed E-state index contributed by atoms with van der Waals surface area (Å²) < 4.78 is 16.2. The van der Waals surface area contributed by atoms with E-state index in [9.17, 15) is 14.4 Å². The Morgan fingerprint density at radius 2 is 1.43 bits per heavy atom. The van der Waals surface area contributed by atoms with Crippen LogP contribution in [-0.2, 0) is 23.6 Å². The van der Waals surface area contributed by atoms with Gasteiger partial charge in [0.05, 0.1) is 0 Å². The van der Waals surface area contributed by atoms with E-state index in [0.29, 0.717) is 0 Å². The first-order valence-electron chi connectivity index (χ1n) is 6.86. The van der Waals surface area contributed by atoms with Gasteiger partial charge in [0.15, 0.2) is 0 Å². The van der Waals surface area contributed by atoms with Crippen molar-refractivity contribution in [2.45, 2.75) is 51.9 Å². The zero-order valence-corrected chi connectivity index (χ0v) is 16.2. The molecule has 0 bridgehead atoms. The Kier molecular flexibility index (Phi) is 7.98. The molecule has 6 nitrogen and oxygen atoms in total. The number of hydrogen-bond donors (Lipinski definition) is 0. The third kappa shape index (κ3) is 8.08. The summed E-state index contributed by atoms with van der Waals surface area (Å²) in [6.45, 7) is 12.2. The van der Waals surface area contributed by atoms with Crippen LogP contribution in [-0.4, -0.2) is 37.5 Å². The van der Waals surface area contributed by atoms with E-state index >= 15 is 0 Å². The average molecular weight is 407 g/mol. The van der Waals surface area contributed by atoms with Gasteiger partial charge < -0.3 is 0 Å². The Balaban J connectivity index is 5.54. The van der Waals surface area contributed by atoms with Crippen molar-refractivity contribution in [1.82, 2.24) is 0 Å². The first-order chi connectivity index (χ1) is 9.57. The Labute approximate surface area is 131 Å². The van der Waals surface area contributed by atoms with Crippen LogP contribution in [0.3, 0.4) is 0 Å². The van der Waals surface area contributed by atoms with Crippen molar-refractivity contribution < 1.29 is 23.6 Å². The first kappa shape index (κ1) is 19.9. The Morgan fingerprint density at radius 1 is 1.00 bits per heavy atom. The van der Waals surface area contributed by atoms with Crippen LogP contribution in [0.15, 0.2) is 12.7 Å². The van der Waals surface area contributed by atoms with Crippen molar-refractivity contribution in [3.63, 3.8) is 0 Å². The van der Waals surface area contributed by atoms with E-state index in [2.05, 4.69) is 6.58 Å². The molecule has 0 aromatic heterocycles. The summed E-state index contributed by atoms with van der Waals surface area (Å²) in [7, 11) is 0. The summed E-state index contributed by atoms with van der Waals surface area (Å²) in [5.74, 6) is -1.84. The van der Waals surface area contributed by atoms with Gasteiger partial charge in [0.25, 0.3) is 0 Å². The summed E-state index contributed by atoms with van der Waals surface area (Å²) in [5, 5.41) is 0. The summed E-state index contributed by atoms with van der Waals surface area (Å²) in [5.41, 5.74) is -0.334. The molecule has 0 aromatic carbocycles. The fourth-order valence-electron chi connectivity index (χ4n) is 1.51. The van der Waals surface area contributed by atoms with Crippen molar-refractivity contribution in [2.75, 3.05) is 0 Å². The Hall–Kier alpha value is -1.05. The SMILES string of the molecule is C=CC(=O)[O][Sn]([CH2]C(C)(C)C)([O]C(=O)CC)[O]C(=O)CC. The van der Waals surface area contributed by atoms with Crippen LogP contribution in [0, 0.1) is 5.41 Å². The van der Waals surface area contributed by atoms with Crippen LogP contribution in [0.25, 0.3) is 0 Å². The van der Waals surface area contributed by atoms with Gasteiger partial charge in [-0.25, -0.2) is 0 Å². The van der Waals surface area contributed by atoms with Crippen LogP contribution < -0.4 is 0 Å². The molecule has 0 amide bonds. The molecule has 21 heavy (non-hydrogen) atoms. The molecular formula is C14H24O6Sn. The molecule has 0 unspecified atom stereocenters. The van der Waals surface area contributed by atoms with E-state index in [0.717, 1.165) is 6.08 Å². The molecule has 0 radical (unpaired) electrons. The topological polar surface area (TPSA) is 78.9 Å². The van der Waals surface area contributed by atoms with E-state index in [1.54, 1.807) is 13.8 Å². The normalized spacial score (nSPS) is 11.5. The molecule has 0 saturated carbocycles. The molecule has 0 aliphatic rings. The van der Waals surface area contributed by atoms with Crippen LogP contribution in [0.5, 0.6) is 0 Å². The fourth-order valence-corrected chi connectivity index (χ4v) is 10.1. The Morgan fingerprint density at radius 3 is 1.71 bits per heavy atom. The van der Waals surface area contributed by atoms with Gasteiger partial charge in [-0.1, -0.05) is 0 Å². The van der Waals surface area contributed by atoms with Crippen molar-refractivity contribution in [3.05, 3.63) is 12.7 Å².